The zero-order chi connectivity index (χ0) is 13.8. The quantitative estimate of drug-likeness (QED) is 0.855. The maximum Gasteiger partial charge on any atom is 0.251 e. The fourth-order valence-corrected chi connectivity index (χ4v) is 1.38. The summed E-state index contributed by atoms with van der Waals surface area (Å²) in [5, 5.41) is 5.76. The van der Waals surface area contributed by atoms with Crippen LogP contribution in [0.5, 0.6) is 0 Å². The second-order valence-corrected chi connectivity index (χ2v) is 3.59. The summed E-state index contributed by atoms with van der Waals surface area (Å²) < 4.78 is 43.2. The molecule has 0 aliphatic carbocycles. The molecule has 19 heavy (non-hydrogen) atoms. The lowest BCUT2D eigenvalue weighted by Crippen LogP contribution is -2.26. The van der Waals surface area contributed by atoms with Crippen LogP contribution < -0.4 is 5.32 Å². The lowest BCUT2D eigenvalue weighted by Gasteiger charge is -2.04. The van der Waals surface area contributed by atoms with E-state index in [-0.39, 0.29) is 18.5 Å². The monoisotopic (exact) mass is 271 g/mol. The number of rotatable bonds is 4. The van der Waals surface area contributed by atoms with Crippen molar-refractivity contribution in [1.82, 2.24) is 15.5 Å². The molecule has 1 heterocycles. The molecule has 0 fully saturated rings. The van der Waals surface area contributed by atoms with Gasteiger partial charge in [-0.15, -0.1) is 0 Å². The molecule has 0 saturated heterocycles. The van der Waals surface area contributed by atoms with Gasteiger partial charge in [0.1, 0.15) is 0 Å². The van der Waals surface area contributed by atoms with Crippen molar-refractivity contribution in [2.75, 3.05) is 6.54 Å². The van der Waals surface area contributed by atoms with Crippen molar-refractivity contribution in [3.63, 3.8) is 0 Å². The van der Waals surface area contributed by atoms with E-state index in [9.17, 15) is 18.0 Å². The molecule has 0 saturated carbocycles. The molecule has 0 atom stereocenters. The number of hydrogen-bond acceptors (Lipinski definition) is 4. The lowest BCUT2D eigenvalue weighted by atomic mass is 10.2. The van der Waals surface area contributed by atoms with E-state index in [4.69, 9.17) is 4.52 Å². The standard InChI is InChI=1S/C11H8F3N3O2/c12-7-3-6(4-8(13)10(7)14)11(18)15-2-1-9-16-5-17-19-9/h3-5H,1-2H2,(H,15,18). The van der Waals surface area contributed by atoms with Crippen LogP contribution in [0.15, 0.2) is 23.0 Å². The largest absolute Gasteiger partial charge is 0.352 e. The predicted molar refractivity (Wildman–Crippen MR) is 56.7 cm³/mol. The van der Waals surface area contributed by atoms with Gasteiger partial charge in [0.15, 0.2) is 23.8 Å². The van der Waals surface area contributed by atoms with E-state index in [0.717, 1.165) is 0 Å². The van der Waals surface area contributed by atoms with Crippen LogP contribution in [-0.4, -0.2) is 22.6 Å². The Hall–Kier alpha value is -2.38. The van der Waals surface area contributed by atoms with Gasteiger partial charge in [-0.1, -0.05) is 5.16 Å². The van der Waals surface area contributed by atoms with Crippen LogP contribution in [0.1, 0.15) is 16.2 Å². The van der Waals surface area contributed by atoms with Crippen molar-refractivity contribution in [2.45, 2.75) is 6.42 Å². The lowest BCUT2D eigenvalue weighted by molar-refractivity contribution is 0.0952. The summed E-state index contributed by atoms with van der Waals surface area (Å²) >= 11 is 0. The maximum absolute atomic E-state index is 12.9. The third kappa shape index (κ3) is 3.09. The summed E-state index contributed by atoms with van der Waals surface area (Å²) in [4.78, 5) is 15.3. The fraction of sp³-hybridized carbons (Fsp3) is 0.182. The fourth-order valence-electron chi connectivity index (χ4n) is 1.38. The Bertz CT molecular complexity index is 564. The van der Waals surface area contributed by atoms with Crippen molar-refractivity contribution in [2.24, 2.45) is 0 Å². The Labute approximate surface area is 105 Å². The molecule has 1 N–H and O–H groups in total. The molecule has 2 rings (SSSR count). The van der Waals surface area contributed by atoms with Crippen LogP contribution in [0.2, 0.25) is 0 Å². The first kappa shape index (κ1) is 13.1. The van der Waals surface area contributed by atoms with Gasteiger partial charge < -0.3 is 9.84 Å². The summed E-state index contributed by atoms with van der Waals surface area (Å²) in [5.74, 6) is -4.85. The van der Waals surface area contributed by atoms with E-state index in [0.29, 0.717) is 18.0 Å². The summed E-state index contributed by atoms with van der Waals surface area (Å²) in [6.45, 7) is 0.141. The van der Waals surface area contributed by atoms with Crippen LogP contribution in [0.3, 0.4) is 0 Å². The van der Waals surface area contributed by atoms with E-state index in [1.54, 1.807) is 0 Å². The second-order valence-electron chi connectivity index (χ2n) is 3.59. The highest BCUT2D eigenvalue weighted by Gasteiger charge is 2.14. The average Bonchev–Trinajstić information content (AvgIpc) is 2.88. The van der Waals surface area contributed by atoms with Gasteiger partial charge >= 0.3 is 0 Å². The number of nitrogens with one attached hydrogen (secondary N) is 1. The zero-order valence-corrected chi connectivity index (χ0v) is 9.49. The molecular weight excluding hydrogens is 263 g/mol. The van der Waals surface area contributed by atoms with Crippen LogP contribution in [0.4, 0.5) is 13.2 Å². The first-order valence-corrected chi connectivity index (χ1v) is 5.26. The van der Waals surface area contributed by atoms with Gasteiger partial charge in [0, 0.05) is 18.5 Å². The molecule has 0 radical (unpaired) electrons. The topological polar surface area (TPSA) is 68.0 Å². The van der Waals surface area contributed by atoms with Gasteiger partial charge in [0.05, 0.1) is 0 Å². The van der Waals surface area contributed by atoms with Crippen molar-refractivity contribution in [3.8, 4) is 0 Å². The van der Waals surface area contributed by atoms with Crippen LogP contribution in [0.25, 0.3) is 0 Å². The zero-order valence-electron chi connectivity index (χ0n) is 9.49. The SMILES string of the molecule is O=C(NCCc1ncno1)c1cc(F)c(F)c(F)c1. The summed E-state index contributed by atoms with van der Waals surface area (Å²) in [6, 6.07) is 1.25. The van der Waals surface area contributed by atoms with E-state index in [1.807, 2.05) is 0 Å². The maximum atomic E-state index is 12.9. The Balaban J connectivity index is 1.96. The molecule has 1 amide bonds. The summed E-state index contributed by atoms with van der Waals surface area (Å²) in [5.41, 5.74) is -0.304. The number of carbonyl (C=O) groups excluding carboxylic acids is 1. The van der Waals surface area contributed by atoms with Crippen LogP contribution in [-0.2, 0) is 6.42 Å². The van der Waals surface area contributed by atoms with Crippen molar-refractivity contribution >= 4 is 5.91 Å². The molecule has 0 bridgehead atoms. The van der Waals surface area contributed by atoms with Gasteiger partial charge in [0.25, 0.3) is 5.91 Å². The number of nitrogens with zero attached hydrogens (tertiary/aromatic N) is 2. The highest BCUT2D eigenvalue weighted by molar-refractivity contribution is 5.94. The molecule has 1 aromatic carbocycles. The van der Waals surface area contributed by atoms with Gasteiger partial charge in [-0.25, -0.2) is 13.2 Å². The molecule has 2 aromatic rings. The molecule has 1 aromatic heterocycles. The third-order valence-corrected chi connectivity index (χ3v) is 2.28. The average molecular weight is 271 g/mol. The summed E-state index contributed by atoms with van der Waals surface area (Å²) in [7, 11) is 0. The predicted octanol–water partition coefficient (Wildman–Crippen LogP) is 1.46. The van der Waals surface area contributed by atoms with E-state index >= 15 is 0 Å². The van der Waals surface area contributed by atoms with E-state index < -0.39 is 23.4 Å². The van der Waals surface area contributed by atoms with E-state index in [2.05, 4.69) is 15.5 Å². The number of carbonyl (C=O) groups is 1. The first-order valence-electron chi connectivity index (χ1n) is 5.26. The molecule has 0 aliphatic rings. The van der Waals surface area contributed by atoms with Crippen LogP contribution >= 0.6 is 0 Å². The first-order chi connectivity index (χ1) is 9.08. The molecule has 8 heteroatoms. The molecule has 100 valence electrons. The Morgan fingerprint density at radius 1 is 1.26 bits per heavy atom. The highest BCUT2D eigenvalue weighted by atomic mass is 19.2. The number of benzene rings is 1. The van der Waals surface area contributed by atoms with Gasteiger partial charge in [0.2, 0.25) is 5.89 Å². The highest BCUT2D eigenvalue weighted by Crippen LogP contribution is 2.13. The van der Waals surface area contributed by atoms with E-state index in [1.165, 1.54) is 6.33 Å². The Morgan fingerprint density at radius 3 is 2.53 bits per heavy atom. The molecule has 5 nitrogen and oxygen atoms in total. The molecule has 0 aliphatic heterocycles. The van der Waals surface area contributed by atoms with Gasteiger partial charge in [-0.3, -0.25) is 4.79 Å². The van der Waals surface area contributed by atoms with Crippen molar-refractivity contribution < 1.29 is 22.5 Å². The Morgan fingerprint density at radius 2 is 1.95 bits per heavy atom. The third-order valence-electron chi connectivity index (χ3n) is 2.28. The number of halogens is 3. The second kappa shape index (κ2) is 5.51. The smallest absolute Gasteiger partial charge is 0.251 e. The van der Waals surface area contributed by atoms with Gasteiger partial charge in [-0.05, 0) is 12.1 Å². The van der Waals surface area contributed by atoms with Gasteiger partial charge in [-0.2, -0.15) is 4.98 Å². The normalized spacial score (nSPS) is 10.5. The molecular formula is C11H8F3N3O2. The minimum absolute atomic E-state index is 0.141. The van der Waals surface area contributed by atoms with Crippen LogP contribution in [0, 0.1) is 17.5 Å². The summed E-state index contributed by atoms with van der Waals surface area (Å²) in [6.07, 6.45) is 1.49. The molecule has 0 spiro atoms. The minimum Gasteiger partial charge on any atom is -0.352 e. The number of aromatic nitrogens is 2. The number of hydrogen-bond donors (Lipinski definition) is 1. The van der Waals surface area contributed by atoms with Crippen molar-refractivity contribution in [3.05, 3.63) is 47.4 Å². The molecule has 0 unspecified atom stereocenters. The van der Waals surface area contributed by atoms with Crippen molar-refractivity contribution in [1.29, 1.82) is 0 Å². The minimum atomic E-state index is -1.61. The number of amides is 1. The Kier molecular flexibility index (Phi) is 3.79.